The summed E-state index contributed by atoms with van der Waals surface area (Å²) in [5, 5.41) is 17.3. The molecule has 8 nitrogen and oxygen atoms in total. The molecule has 1 fully saturated rings. The van der Waals surface area contributed by atoms with Gasteiger partial charge in [-0.15, -0.1) is 11.8 Å². The number of hydrogen-bond acceptors (Lipinski definition) is 7. The molecule has 1 saturated heterocycles. The van der Waals surface area contributed by atoms with Crippen LogP contribution in [0.25, 0.3) is 10.4 Å². The van der Waals surface area contributed by atoms with E-state index in [4.69, 9.17) is 13.9 Å². The van der Waals surface area contributed by atoms with E-state index in [9.17, 15) is 15.4 Å². The highest BCUT2D eigenvalue weighted by Crippen LogP contribution is 2.38. The predicted octanol–water partition coefficient (Wildman–Crippen LogP) is 4.92. The van der Waals surface area contributed by atoms with Gasteiger partial charge < -0.3 is 19.0 Å². The molecule has 210 valence electrons. The number of hydrogen-bond donors (Lipinski definition) is 1. The molecule has 0 aliphatic carbocycles. The lowest BCUT2D eigenvalue weighted by Gasteiger charge is -2.46. The second kappa shape index (κ2) is 13.0. The van der Waals surface area contributed by atoms with Crippen molar-refractivity contribution in [2.45, 2.75) is 55.6 Å². The first-order valence-electron chi connectivity index (χ1n) is 13.1. The summed E-state index contributed by atoms with van der Waals surface area (Å²) in [6.07, 6.45) is -1.43. The van der Waals surface area contributed by atoms with Gasteiger partial charge in [-0.1, -0.05) is 105 Å². The van der Waals surface area contributed by atoms with Crippen molar-refractivity contribution in [2.75, 3.05) is 12.9 Å². The van der Waals surface area contributed by atoms with Gasteiger partial charge in [0.2, 0.25) is 0 Å². The molecule has 0 radical (unpaired) electrons. The fourth-order valence-electron chi connectivity index (χ4n) is 5.29. The molecule has 1 aliphatic rings. The van der Waals surface area contributed by atoms with Crippen LogP contribution in [-0.4, -0.2) is 62.0 Å². The fraction of sp³-hybridized carbons (Fsp3) is 0.367. The largest absolute Gasteiger partial charge is 0.455 e. The lowest BCUT2D eigenvalue weighted by atomic mass is 9.98. The molecule has 1 heterocycles. The van der Waals surface area contributed by atoms with E-state index in [-0.39, 0.29) is 11.6 Å². The SMILES string of the molecule is CS[C@@H]1OC(CO[Si](c2ccccc2)(c2ccccc2)C(C)(C)C)[C@@H](O)C(OC(=O)c2ccccc2)C1N=[N+]=[N-]. The first-order valence-corrected chi connectivity index (χ1v) is 16.3. The average molecular weight is 578 g/mol. The number of aliphatic hydroxyl groups excluding tert-OH is 1. The Hall–Kier alpha value is -3.11. The predicted molar refractivity (Wildman–Crippen MR) is 160 cm³/mol. The summed E-state index contributed by atoms with van der Waals surface area (Å²) in [6.45, 7) is 6.56. The fourth-order valence-corrected chi connectivity index (χ4v) is 10.6. The zero-order valence-electron chi connectivity index (χ0n) is 23.1. The van der Waals surface area contributed by atoms with Crippen molar-refractivity contribution in [3.05, 3.63) is 107 Å². The third kappa shape index (κ3) is 6.12. The van der Waals surface area contributed by atoms with Gasteiger partial charge in [0.15, 0.2) is 0 Å². The Labute approximate surface area is 240 Å². The van der Waals surface area contributed by atoms with Gasteiger partial charge >= 0.3 is 5.97 Å². The lowest BCUT2D eigenvalue weighted by Crippen LogP contribution is -2.68. The molecule has 3 unspecified atom stereocenters. The van der Waals surface area contributed by atoms with Crippen LogP contribution in [0.15, 0.2) is 96.1 Å². The Bertz CT molecular complexity index is 1260. The van der Waals surface area contributed by atoms with Crippen LogP contribution in [0.2, 0.25) is 5.04 Å². The van der Waals surface area contributed by atoms with Gasteiger partial charge in [-0.2, -0.15) is 0 Å². The minimum Gasteiger partial charge on any atom is -0.455 e. The molecule has 1 aliphatic heterocycles. The smallest absolute Gasteiger partial charge is 0.338 e. The lowest BCUT2D eigenvalue weighted by molar-refractivity contribution is -0.165. The maximum absolute atomic E-state index is 13.0. The van der Waals surface area contributed by atoms with E-state index in [0.29, 0.717) is 5.56 Å². The van der Waals surface area contributed by atoms with Gasteiger partial charge in [0.25, 0.3) is 8.32 Å². The van der Waals surface area contributed by atoms with Gasteiger partial charge in [-0.25, -0.2) is 4.79 Å². The highest BCUT2D eigenvalue weighted by molar-refractivity contribution is 7.99. The van der Waals surface area contributed by atoms with Crippen LogP contribution in [-0.2, 0) is 13.9 Å². The van der Waals surface area contributed by atoms with E-state index in [1.165, 1.54) is 11.8 Å². The Balaban J connectivity index is 1.69. The number of carbonyl (C=O) groups excluding carboxylic acids is 1. The third-order valence-electron chi connectivity index (χ3n) is 7.19. The van der Waals surface area contributed by atoms with Crippen molar-refractivity contribution in [3.63, 3.8) is 0 Å². The van der Waals surface area contributed by atoms with E-state index < -0.39 is 44.1 Å². The molecule has 0 bridgehead atoms. The summed E-state index contributed by atoms with van der Waals surface area (Å²) in [7, 11) is -2.92. The van der Waals surface area contributed by atoms with Crippen LogP contribution in [0.1, 0.15) is 31.1 Å². The van der Waals surface area contributed by atoms with E-state index in [0.717, 1.165) is 10.4 Å². The third-order valence-corrected chi connectivity index (χ3v) is 13.1. The molecule has 1 N–H and O–H groups in total. The number of azide groups is 1. The Morgan fingerprint density at radius 2 is 1.52 bits per heavy atom. The number of thioether (sulfide) groups is 1. The van der Waals surface area contributed by atoms with Gasteiger partial charge in [0.05, 0.1) is 12.2 Å². The van der Waals surface area contributed by atoms with Crippen molar-refractivity contribution in [1.29, 1.82) is 0 Å². The Morgan fingerprint density at radius 3 is 2.00 bits per heavy atom. The van der Waals surface area contributed by atoms with Crippen LogP contribution < -0.4 is 10.4 Å². The molecule has 3 aromatic carbocycles. The van der Waals surface area contributed by atoms with Crippen LogP contribution in [0, 0.1) is 0 Å². The first kappa shape index (κ1) is 29.9. The summed E-state index contributed by atoms with van der Waals surface area (Å²) in [6, 6.07) is 28.0. The number of aliphatic hydroxyl groups is 1. The van der Waals surface area contributed by atoms with Crippen molar-refractivity contribution in [1.82, 2.24) is 0 Å². The zero-order valence-corrected chi connectivity index (χ0v) is 24.9. The highest BCUT2D eigenvalue weighted by Gasteiger charge is 2.53. The average Bonchev–Trinajstić information content (AvgIpc) is 2.97. The first-order chi connectivity index (χ1) is 19.2. The molecule has 0 amide bonds. The molecule has 4 rings (SSSR count). The van der Waals surface area contributed by atoms with Crippen LogP contribution >= 0.6 is 11.8 Å². The molecule has 40 heavy (non-hydrogen) atoms. The topological polar surface area (TPSA) is 114 Å². The summed E-state index contributed by atoms with van der Waals surface area (Å²) < 4.78 is 19.1. The Kier molecular flexibility index (Phi) is 9.73. The highest BCUT2D eigenvalue weighted by atomic mass is 32.2. The molecular formula is C30H35N3O5SSi. The zero-order chi connectivity index (χ0) is 28.8. The second-order valence-corrected chi connectivity index (χ2v) is 15.9. The van der Waals surface area contributed by atoms with Crippen molar-refractivity contribution in [3.8, 4) is 0 Å². The van der Waals surface area contributed by atoms with Gasteiger partial charge in [0.1, 0.15) is 29.8 Å². The standard InChI is InChI=1S/C30H35N3O5SSi/c1-30(2,3)40(22-16-10-6-11-17-22,23-18-12-7-13-19-23)36-20-24-26(34)27(25(32-33-31)29(37-24)39-4)38-28(35)21-14-8-5-9-15-21/h5-19,24-27,29,34H,20H2,1-4H3/t24?,25?,26-,27?,29+/m1/s1. The molecule has 10 heteroatoms. The number of esters is 1. The molecule has 3 aromatic rings. The van der Waals surface area contributed by atoms with Crippen LogP contribution in [0.5, 0.6) is 0 Å². The van der Waals surface area contributed by atoms with E-state index in [1.807, 2.05) is 42.7 Å². The quantitative estimate of drug-likeness (QED) is 0.127. The van der Waals surface area contributed by atoms with Crippen LogP contribution in [0.4, 0.5) is 0 Å². The monoisotopic (exact) mass is 577 g/mol. The number of rotatable bonds is 9. The van der Waals surface area contributed by atoms with Crippen LogP contribution in [0.3, 0.4) is 0 Å². The molecule has 0 saturated carbocycles. The maximum atomic E-state index is 13.0. The van der Waals surface area contributed by atoms with Gasteiger partial charge in [-0.3, -0.25) is 0 Å². The molecule has 0 spiro atoms. The number of ether oxygens (including phenoxy) is 2. The van der Waals surface area contributed by atoms with E-state index in [1.54, 1.807) is 30.3 Å². The van der Waals surface area contributed by atoms with Crippen molar-refractivity contribution in [2.24, 2.45) is 5.11 Å². The molecule has 0 aromatic heterocycles. The maximum Gasteiger partial charge on any atom is 0.338 e. The van der Waals surface area contributed by atoms with Crippen molar-refractivity contribution < 1.29 is 23.8 Å². The van der Waals surface area contributed by atoms with Gasteiger partial charge in [0, 0.05) is 4.91 Å². The second-order valence-electron chi connectivity index (χ2n) is 10.7. The molecule has 5 atom stereocenters. The number of carbonyl (C=O) groups is 1. The number of nitrogens with zero attached hydrogens (tertiary/aromatic N) is 3. The number of benzene rings is 3. The summed E-state index contributed by atoms with van der Waals surface area (Å²) >= 11 is 1.32. The summed E-state index contributed by atoms with van der Waals surface area (Å²) in [4.78, 5) is 15.9. The minimum absolute atomic E-state index is 0.0495. The Morgan fingerprint density at radius 1 is 1.00 bits per heavy atom. The summed E-state index contributed by atoms with van der Waals surface area (Å²) in [5.74, 6) is -0.615. The van der Waals surface area contributed by atoms with Crippen molar-refractivity contribution >= 4 is 36.4 Å². The minimum atomic E-state index is -2.92. The van der Waals surface area contributed by atoms with E-state index >= 15 is 0 Å². The normalized spacial score (nSPS) is 23.2. The molecular weight excluding hydrogens is 542 g/mol. The van der Waals surface area contributed by atoms with E-state index in [2.05, 4.69) is 55.1 Å². The van der Waals surface area contributed by atoms with Gasteiger partial charge in [-0.05, 0) is 39.3 Å². The summed E-state index contributed by atoms with van der Waals surface area (Å²) in [5.41, 5.74) is 8.94.